The summed E-state index contributed by atoms with van der Waals surface area (Å²) in [5.74, 6) is 1.43. The van der Waals surface area contributed by atoms with E-state index >= 15 is 0 Å². The van der Waals surface area contributed by atoms with Gasteiger partial charge in [-0.15, -0.1) is 0 Å². The molecule has 0 spiro atoms. The third-order valence-corrected chi connectivity index (χ3v) is 4.14. The Bertz CT molecular complexity index is 512. The number of carbonyl (C=O) groups excluding carboxylic acids is 1. The van der Waals surface area contributed by atoms with Crippen LogP contribution in [-0.4, -0.2) is 43.3 Å². The molecule has 1 fully saturated rings. The molecular formula is C16H22N2O3. The summed E-state index contributed by atoms with van der Waals surface area (Å²) >= 11 is 0. The highest BCUT2D eigenvalue weighted by Gasteiger charge is 2.22. The van der Waals surface area contributed by atoms with Crippen LogP contribution in [0.25, 0.3) is 0 Å². The summed E-state index contributed by atoms with van der Waals surface area (Å²) in [6.45, 7) is 4.79. The zero-order chi connectivity index (χ0) is 14.7. The highest BCUT2D eigenvalue weighted by molar-refractivity contribution is 5.95. The average Bonchev–Trinajstić information content (AvgIpc) is 3.00. The molecule has 1 atom stereocenters. The van der Waals surface area contributed by atoms with Gasteiger partial charge >= 0.3 is 0 Å². The molecular weight excluding hydrogens is 268 g/mol. The number of amides is 1. The second kappa shape index (κ2) is 6.35. The molecule has 1 saturated heterocycles. The quantitative estimate of drug-likeness (QED) is 0.921. The van der Waals surface area contributed by atoms with E-state index in [4.69, 9.17) is 9.47 Å². The van der Waals surface area contributed by atoms with Crippen molar-refractivity contribution in [3.63, 3.8) is 0 Å². The van der Waals surface area contributed by atoms with Crippen LogP contribution >= 0.6 is 0 Å². The fourth-order valence-corrected chi connectivity index (χ4v) is 2.91. The molecule has 2 aliphatic rings. The van der Waals surface area contributed by atoms with Gasteiger partial charge < -0.3 is 19.7 Å². The van der Waals surface area contributed by atoms with Gasteiger partial charge in [0.25, 0.3) is 5.91 Å². The van der Waals surface area contributed by atoms with Crippen LogP contribution in [-0.2, 0) is 0 Å². The zero-order valence-electron chi connectivity index (χ0n) is 12.4. The predicted molar refractivity (Wildman–Crippen MR) is 79.8 cm³/mol. The van der Waals surface area contributed by atoms with E-state index < -0.39 is 0 Å². The van der Waals surface area contributed by atoms with Crippen LogP contribution in [0, 0.1) is 0 Å². The van der Waals surface area contributed by atoms with Crippen LogP contribution in [0.15, 0.2) is 18.2 Å². The Morgan fingerprint density at radius 1 is 1.33 bits per heavy atom. The lowest BCUT2D eigenvalue weighted by molar-refractivity contribution is 0.0741. The molecule has 1 aromatic rings. The lowest BCUT2D eigenvalue weighted by atomic mass is 10.0. The lowest BCUT2D eigenvalue weighted by Crippen LogP contribution is -2.45. The second-order valence-corrected chi connectivity index (χ2v) is 5.56. The van der Waals surface area contributed by atoms with Gasteiger partial charge in [0.1, 0.15) is 0 Å². The van der Waals surface area contributed by atoms with E-state index in [-0.39, 0.29) is 12.7 Å². The van der Waals surface area contributed by atoms with Crippen molar-refractivity contribution in [2.45, 2.75) is 32.2 Å². The summed E-state index contributed by atoms with van der Waals surface area (Å²) in [7, 11) is 0. The second-order valence-electron chi connectivity index (χ2n) is 5.56. The standard InChI is InChI=1S/C16H22N2O3/c1-2-18(10-13-5-3-4-8-17-13)16(19)12-6-7-14-15(9-12)21-11-20-14/h6-7,9,13,17H,2-5,8,10-11H2,1H3. The summed E-state index contributed by atoms with van der Waals surface area (Å²) in [5.41, 5.74) is 0.664. The van der Waals surface area contributed by atoms with Gasteiger partial charge in [0.2, 0.25) is 6.79 Å². The minimum Gasteiger partial charge on any atom is -0.454 e. The molecule has 0 radical (unpaired) electrons. The van der Waals surface area contributed by atoms with Crippen molar-refractivity contribution in [3.05, 3.63) is 23.8 Å². The number of hydrogen-bond acceptors (Lipinski definition) is 4. The van der Waals surface area contributed by atoms with Crippen LogP contribution in [0.3, 0.4) is 0 Å². The summed E-state index contributed by atoms with van der Waals surface area (Å²) in [6, 6.07) is 5.81. The molecule has 0 saturated carbocycles. The van der Waals surface area contributed by atoms with E-state index in [1.807, 2.05) is 24.0 Å². The number of carbonyl (C=O) groups is 1. The van der Waals surface area contributed by atoms with Gasteiger partial charge in [0.15, 0.2) is 11.5 Å². The van der Waals surface area contributed by atoms with Crippen LogP contribution in [0.1, 0.15) is 36.5 Å². The van der Waals surface area contributed by atoms with Crippen molar-refractivity contribution in [1.82, 2.24) is 10.2 Å². The highest BCUT2D eigenvalue weighted by atomic mass is 16.7. The Morgan fingerprint density at radius 3 is 2.95 bits per heavy atom. The van der Waals surface area contributed by atoms with Crippen molar-refractivity contribution < 1.29 is 14.3 Å². The molecule has 21 heavy (non-hydrogen) atoms. The minimum atomic E-state index is 0.0585. The van der Waals surface area contributed by atoms with Gasteiger partial charge in [0.05, 0.1) is 0 Å². The summed E-state index contributed by atoms with van der Waals surface area (Å²) in [6.07, 6.45) is 3.62. The van der Waals surface area contributed by atoms with Gasteiger partial charge in [-0.1, -0.05) is 6.42 Å². The third-order valence-electron chi connectivity index (χ3n) is 4.14. The number of rotatable bonds is 4. The van der Waals surface area contributed by atoms with Crippen LogP contribution < -0.4 is 14.8 Å². The van der Waals surface area contributed by atoms with Crippen LogP contribution in [0.2, 0.25) is 0 Å². The molecule has 5 heteroatoms. The Balaban J connectivity index is 1.69. The largest absolute Gasteiger partial charge is 0.454 e. The Kier molecular flexibility index (Phi) is 4.29. The average molecular weight is 290 g/mol. The van der Waals surface area contributed by atoms with Crippen molar-refractivity contribution in [2.75, 3.05) is 26.4 Å². The molecule has 0 aromatic heterocycles. The molecule has 0 aliphatic carbocycles. The molecule has 0 bridgehead atoms. The number of nitrogens with zero attached hydrogens (tertiary/aromatic N) is 1. The molecule has 1 unspecified atom stereocenters. The van der Waals surface area contributed by atoms with Crippen molar-refractivity contribution in [1.29, 1.82) is 0 Å². The molecule has 2 heterocycles. The van der Waals surface area contributed by atoms with E-state index in [0.29, 0.717) is 29.6 Å². The van der Waals surface area contributed by atoms with Crippen molar-refractivity contribution in [2.24, 2.45) is 0 Å². The van der Waals surface area contributed by atoms with E-state index in [9.17, 15) is 4.79 Å². The maximum absolute atomic E-state index is 12.7. The maximum Gasteiger partial charge on any atom is 0.254 e. The smallest absolute Gasteiger partial charge is 0.254 e. The first-order valence-corrected chi connectivity index (χ1v) is 7.70. The van der Waals surface area contributed by atoms with Gasteiger partial charge in [0, 0.05) is 24.7 Å². The summed E-state index contributed by atoms with van der Waals surface area (Å²) in [4.78, 5) is 14.6. The number of ether oxygens (including phenoxy) is 2. The van der Waals surface area contributed by atoms with Crippen LogP contribution in [0.5, 0.6) is 11.5 Å². The zero-order valence-corrected chi connectivity index (χ0v) is 12.4. The molecule has 5 nitrogen and oxygen atoms in total. The summed E-state index contributed by atoms with van der Waals surface area (Å²) < 4.78 is 10.6. The minimum absolute atomic E-state index is 0.0585. The van der Waals surface area contributed by atoms with Gasteiger partial charge in [-0.2, -0.15) is 0 Å². The first-order valence-electron chi connectivity index (χ1n) is 7.70. The molecule has 1 aromatic carbocycles. The van der Waals surface area contributed by atoms with Crippen LogP contribution in [0.4, 0.5) is 0 Å². The number of fused-ring (bicyclic) bond motifs is 1. The first-order chi connectivity index (χ1) is 10.3. The summed E-state index contributed by atoms with van der Waals surface area (Å²) in [5, 5.41) is 3.49. The number of nitrogens with one attached hydrogen (secondary N) is 1. The van der Waals surface area contributed by atoms with Crippen molar-refractivity contribution >= 4 is 5.91 Å². The lowest BCUT2D eigenvalue weighted by Gasteiger charge is -2.30. The molecule has 1 amide bonds. The number of benzene rings is 1. The van der Waals surface area contributed by atoms with E-state index in [1.54, 1.807) is 6.07 Å². The fraction of sp³-hybridized carbons (Fsp3) is 0.562. The first kappa shape index (κ1) is 14.2. The highest BCUT2D eigenvalue weighted by Crippen LogP contribution is 2.32. The molecule has 1 N–H and O–H groups in total. The third kappa shape index (κ3) is 3.13. The number of likely N-dealkylation sites (N-methyl/N-ethyl adjacent to an activating group) is 1. The van der Waals surface area contributed by atoms with E-state index in [0.717, 1.165) is 19.5 Å². The number of piperidine rings is 1. The van der Waals surface area contributed by atoms with Gasteiger partial charge in [-0.05, 0) is 44.5 Å². The van der Waals surface area contributed by atoms with Gasteiger partial charge in [-0.3, -0.25) is 4.79 Å². The maximum atomic E-state index is 12.7. The molecule has 2 aliphatic heterocycles. The SMILES string of the molecule is CCN(CC1CCCCN1)C(=O)c1ccc2c(c1)OCO2. The van der Waals surface area contributed by atoms with E-state index in [2.05, 4.69) is 5.32 Å². The molecule has 114 valence electrons. The predicted octanol–water partition coefficient (Wildman–Crippen LogP) is 2.02. The Labute approximate surface area is 125 Å². The normalized spacial score (nSPS) is 20.3. The number of hydrogen-bond donors (Lipinski definition) is 1. The Morgan fingerprint density at radius 2 is 2.19 bits per heavy atom. The monoisotopic (exact) mass is 290 g/mol. The fourth-order valence-electron chi connectivity index (χ4n) is 2.91. The topological polar surface area (TPSA) is 50.8 Å². The Hall–Kier alpha value is -1.75. The van der Waals surface area contributed by atoms with E-state index in [1.165, 1.54) is 12.8 Å². The van der Waals surface area contributed by atoms with Crippen molar-refractivity contribution in [3.8, 4) is 11.5 Å². The van der Waals surface area contributed by atoms with Gasteiger partial charge in [-0.25, -0.2) is 0 Å². The molecule has 3 rings (SSSR count).